The summed E-state index contributed by atoms with van der Waals surface area (Å²) in [6, 6.07) is 11.5. The highest BCUT2D eigenvalue weighted by Crippen LogP contribution is 2.33. The number of nitrogens with zero attached hydrogens (tertiary/aromatic N) is 3. The highest BCUT2D eigenvalue weighted by Gasteiger charge is 2.39. The topological polar surface area (TPSA) is 78.2 Å². The van der Waals surface area contributed by atoms with E-state index < -0.39 is 0 Å². The van der Waals surface area contributed by atoms with Crippen molar-refractivity contribution in [2.45, 2.75) is 38.8 Å². The van der Waals surface area contributed by atoms with Gasteiger partial charge in [-0.25, -0.2) is 5.01 Å². The monoisotopic (exact) mass is 394 g/mol. The Bertz CT molecular complexity index is 931. The second-order valence-corrected chi connectivity index (χ2v) is 8.33. The van der Waals surface area contributed by atoms with Gasteiger partial charge < -0.3 is 9.73 Å². The molecule has 2 aliphatic heterocycles. The fraction of sp³-hybridized carbons (Fsp3) is 0.409. The molecule has 1 aromatic carbocycles. The number of hydrogen-bond donors (Lipinski definition) is 1. The Morgan fingerprint density at radius 2 is 2.03 bits per heavy atom. The van der Waals surface area contributed by atoms with E-state index >= 15 is 0 Å². The molecule has 3 heterocycles. The molecular formula is C22H26N4O3. The summed E-state index contributed by atoms with van der Waals surface area (Å²) in [5.41, 5.74) is 2.73. The summed E-state index contributed by atoms with van der Waals surface area (Å²) in [6.45, 7) is 6.93. The maximum absolute atomic E-state index is 13.2. The lowest BCUT2D eigenvalue weighted by Crippen LogP contribution is -2.61. The molecule has 1 saturated heterocycles. The number of aryl methyl sites for hydroxylation is 1. The van der Waals surface area contributed by atoms with Gasteiger partial charge in [0.2, 0.25) is 5.91 Å². The maximum Gasteiger partial charge on any atom is 0.257 e. The number of nitrogens with one attached hydrogen (secondary N) is 1. The first-order valence-corrected chi connectivity index (χ1v) is 9.85. The normalized spacial score (nSPS) is 21.8. The van der Waals surface area contributed by atoms with E-state index in [9.17, 15) is 9.59 Å². The smallest absolute Gasteiger partial charge is 0.257 e. The zero-order chi connectivity index (χ0) is 20.6. The van der Waals surface area contributed by atoms with E-state index in [2.05, 4.69) is 10.4 Å². The zero-order valence-electron chi connectivity index (χ0n) is 17.0. The molecule has 1 N–H and O–H groups in total. The highest BCUT2D eigenvalue weighted by atomic mass is 16.3. The molecule has 1 fully saturated rings. The van der Waals surface area contributed by atoms with Crippen LogP contribution in [0.1, 0.15) is 43.2 Å². The molecule has 2 amide bonds. The van der Waals surface area contributed by atoms with Crippen LogP contribution in [-0.2, 0) is 9.59 Å². The van der Waals surface area contributed by atoms with Crippen LogP contribution in [0.4, 0.5) is 0 Å². The number of piperazine rings is 1. The quantitative estimate of drug-likeness (QED) is 0.864. The number of carbonyl (C=O) groups is 2. The van der Waals surface area contributed by atoms with Gasteiger partial charge in [-0.1, -0.05) is 29.8 Å². The number of hydrazone groups is 1. The van der Waals surface area contributed by atoms with Gasteiger partial charge in [-0.05, 0) is 38.5 Å². The molecule has 0 spiro atoms. The second-order valence-electron chi connectivity index (χ2n) is 8.33. The molecule has 4 rings (SSSR count). The van der Waals surface area contributed by atoms with E-state index in [0.29, 0.717) is 18.7 Å². The lowest BCUT2D eigenvalue weighted by Gasteiger charge is -2.42. The zero-order valence-corrected chi connectivity index (χ0v) is 17.0. The molecule has 0 radical (unpaired) electrons. The summed E-state index contributed by atoms with van der Waals surface area (Å²) in [5, 5.41) is 9.06. The van der Waals surface area contributed by atoms with Crippen molar-refractivity contribution in [3.63, 3.8) is 0 Å². The van der Waals surface area contributed by atoms with Gasteiger partial charge >= 0.3 is 0 Å². The fourth-order valence-electron chi connectivity index (χ4n) is 3.74. The van der Waals surface area contributed by atoms with Gasteiger partial charge in [-0.3, -0.25) is 14.5 Å². The lowest BCUT2D eigenvalue weighted by atomic mass is 9.99. The van der Waals surface area contributed by atoms with E-state index in [-0.39, 0.29) is 36.5 Å². The van der Waals surface area contributed by atoms with Crippen molar-refractivity contribution in [1.82, 2.24) is 15.2 Å². The molecule has 1 aromatic heterocycles. The summed E-state index contributed by atoms with van der Waals surface area (Å²) < 4.78 is 5.60. The average molecular weight is 394 g/mol. The molecule has 2 aromatic rings. The lowest BCUT2D eigenvalue weighted by molar-refractivity contribution is -0.139. The number of carbonyl (C=O) groups excluding carboxylic acids is 2. The van der Waals surface area contributed by atoms with Crippen LogP contribution in [0.25, 0.3) is 0 Å². The third kappa shape index (κ3) is 3.96. The van der Waals surface area contributed by atoms with Crippen molar-refractivity contribution in [2.75, 3.05) is 19.6 Å². The van der Waals surface area contributed by atoms with Gasteiger partial charge in [0.15, 0.2) is 0 Å². The van der Waals surface area contributed by atoms with Crippen molar-refractivity contribution in [1.29, 1.82) is 0 Å². The van der Waals surface area contributed by atoms with Crippen LogP contribution in [0.5, 0.6) is 0 Å². The average Bonchev–Trinajstić information content (AvgIpc) is 3.35. The first kappa shape index (κ1) is 19.4. The van der Waals surface area contributed by atoms with E-state index in [0.717, 1.165) is 11.3 Å². The van der Waals surface area contributed by atoms with Crippen molar-refractivity contribution >= 4 is 17.5 Å². The Kier molecular flexibility index (Phi) is 5.00. The van der Waals surface area contributed by atoms with E-state index in [1.807, 2.05) is 62.1 Å². The molecule has 0 aliphatic carbocycles. The Balaban J connectivity index is 1.60. The summed E-state index contributed by atoms with van der Waals surface area (Å²) >= 11 is 0. The number of benzene rings is 1. The van der Waals surface area contributed by atoms with Gasteiger partial charge in [0, 0.05) is 18.5 Å². The van der Waals surface area contributed by atoms with Crippen LogP contribution >= 0.6 is 0 Å². The molecule has 29 heavy (non-hydrogen) atoms. The van der Waals surface area contributed by atoms with Crippen molar-refractivity contribution in [3.05, 3.63) is 59.5 Å². The van der Waals surface area contributed by atoms with Crippen LogP contribution in [0.3, 0.4) is 0 Å². The Hall–Kier alpha value is -2.93. The minimum absolute atomic E-state index is 0.0648. The molecule has 1 unspecified atom stereocenters. The highest BCUT2D eigenvalue weighted by molar-refractivity contribution is 6.03. The predicted molar refractivity (Wildman–Crippen MR) is 109 cm³/mol. The van der Waals surface area contributed by atoms with E-state index in [1.165, 1.54) is 10.6 Å². The molecule has 2 aliphatic rings. The Morgan fingerprint density at radius 1 is 1.28 bits per heavy atom. The SMILES string of the molecule is Cc1ccc(C2=NN(C(=O)CN3CC(=O)NCC3(C)C)C(c3ccco3)C2)cc1. The third-order valence-corrected chi connectivity index (χ3v) is 5.66. The summed E-state index contributed by atoms with van der Waals surface area (Å²) in [7, 11) is 0. The van der Waals surface area contributed by atoms with Crippen LogP contribution in [-0.4, -0.2) is 52.6 Å². The molecule has 7 heteroatoms. The maximum atomic E-state index is 13.2. The first-order valence-electron chi connectivity index (χ1n) is 9.85. The predicted octanol–water partition coefficient (Wildman–Crippen LogP) is 2.48. The first-order chi connectivity index (χ1) is 13.8. The third-order valence-electron chi connectivity index (χ3n) is 5.66. The molecule has 0 saturated carbocycles. The Labute approximate surface area is 170 Å². The van der Waals surface area contributed by atoms with Gasteiger partial charge in [-0.15, -0.1) is 0 Å². The van der Waals surface area contributed by atoms with Crippen molar-refractivity contribution in [2.24, 2.45) is 5.10 Å². The standard InChI is InChI=1S/C22H26N4O3/c1-15-6-8-16(9-7-15)17-11-18(19-5-4-10-29-19)26(24-17)21(28)13-25-12-20(27)23-14-22(25,2)3/h4-10,18H,11-14H2,1-3H3,(H,23,27). The van der Waals surface area contributed by atoms with Crippen LogP contribution in [0.2, 0.25) is 0 Å². The summed E-state index contributed by atoms with van der Waals surface area (Å²) in [5.74, 6) is 0.501. The number of hydrogen-bond acceptors (Lipinski definition) is 5. The van der Waals surface area contributed by atoms with E-state index in [4.69, 9.17) is 4.42 Å². The van der Waals surface area contributed by atoms with Gasteiger partial charge in [0.05, 0.1) is 25.1 Å². The summed E-state index contributed by atoms with van der Waals surface area (Å²) in [4.78, 5) is 27.0. The number of amides is 2. The minimum atomic E-state index is -0.299. The van der Waals surface area contributed by atoms with Crippen LogP contribution < -0.4 is 5.32 Å². The van der Waals surface area contributed by atoms with Gasteiger partial charge in [0.25, 0.3) is 5.91 Å². The van der Waals surface area contributed by atoms with Crippen LogP contribution in [0, 0.1) is 6.92 Å². The minimum Gasteiger partial charge on any atom is -0.467 e. The number of furan rings is 1. The molecule has 7 nitrogen and oxygen atoms in total. The second kappa shape index (κ2) is 7.48. The van der Waals surface area contributed by atoms with Crippen LogP contribution in [0.15, 0.2) is 52.2 Å². The summed E-state index contributed by atoms with van der Waals surface area (Å²) in [6.07, 6.45) is 2.20. The molecule has 0 bridgehead atoms. The van der Waals surface area contributed by atoms with Gasteiger partial charge in [0.1, 0.15) is 11.8 Å². The van der Waals surface area contributed by atoms with Gasteiger partial charge in [-0.2, -0.15) is 5.10 Å². The van der Waals surface area contributed by atoms with Crippen molar-refractivity contribution < 1.29 is 14.0 Å². The Morgan fingerprint density at radius 3 is 2.72 bits per heavy atom. The molecule has 1 atom stereocenters. The van der Waals surface area contributed by atoms with Crippen molar-refractivity contribution in [3.8, 4) is 0 Å². The molecule has 152 valence electrons. The van der Waals surface area contributed by atoms with E-state index in [1.54, 1.807) is 6.26 Å². The largest absolute Gasteiger partial charge is 0.467 e. The fourth-order valence-corrected chi connectivity index (χ4v) is 3.74. The number of rotatable bonds is 4. The molecular weight excluding hydrogens is 368 g/mol.